The maximum Gasteiger partial charge on any atom is 0.322 e. The molecule has 0 amide bonds. The Morgan fingerprint density at radius 3 is 2.42 bits per heavy atom. The molecule has 19 heavy (non-hydrogen) atoms. The molecule has 9 heteroatoms. The molecule has 0 aromatic carbocycles. The van der Waals surface area contributed by atoms with E-state index in [4.69, 9.17) is 5.11 Å². The quantitative estimate of drug-likeness (QED) is 0.688. The molecular formula is C10H19NO6S2. The molecule has 0 spiro atoms. The number of carboxylic acids is 1. The number of sulfone groups is 1. The van der Waals surface area contributed by atoms with Gasteiger partial charge in [0.2, 0.25) is 10.0 Å². The molecule has 112 valence electrons. The van der Waals surface area contributed by atoms with Gasteiger partial charge in [0.15, 0.2) is 9.84 Å². The van der Waals surface area contributed by atoms with Crippen molar-refractivity contribution in [2.24, 2.45) is 5.92 Å². The molecule has 3 atom stereocenters. The molecule has 1 aliphatic heterocycles. The van der Waals surface area contributed by atoms with Crippen LogP contribution in [0.4, 0.5) is 0 Å². The van der Waals surface area contributed by atoms with E-state index in [2.05, 4.69) is 4.72 Å². The molecule has 2 N–H and O–H groups in total. The van der Waals surface area contributed by atoms with Crippen LogP contribution in [0.3, 0.4) is 0 Å². The molecule has 1 aliphatic rings. The number of hydrogen-bond acceptors (Lipinski definition) is 5. The molecule has 2 unspecified atom stereocenters. The van der Waals surface area contributed by atoms with Crippen LogP contribution in [-0.4, -0.2) is 50.7 Å². The summed E-state index contributed by atoms with van der Waals surface area (Å²) in [5, 5.41) is 7.99. The monoisotopic (exact) mass is 313 g/mol. The third kappa shape index (κ3) is 4.15. The molecule has 0 saturated carbocycles. The van der Waals surface area contributed by atoms with Gasteiger partial charge in [-0.25, -0.2) is 21.6 Å². The largest absolute Gasteiger partial charge is 0.480 e. The Morgan fingerprint density at radius 1 is 1.47 bits per heavy atom. The average molecular weight is 313 g/mol. The van der Waals surface area contributed by atoms with Gasteiger partial charge in [-0.1, -0.05) is 20.3 Å². The normalized spacial score (nSPS) is 25.9. The first kappa shape index (κ1) is 16.4. The summed E-state index contributed by atoms with van der Waals surface area (Å²) in [7, 11) is -7.27. The van der Waals surface area contributed by atoms with Crippen LogP contribution in [0.15, 0.2) is 0 Å². The number of sulfonamides is 1. The molecule has 1 heterocycles. The number of carboxylic acid groups (broad SMARTS) is 1. The highest BCUT2D eigenvalue weighted by molar-refractivity contribution is 7.95. The molecular weight excluding hydrogens is 294 g/mol. The maximum atomic E-state index is 12.0. The van der Waals surface area contributed by atoms with Gasteiger partial charge in [-0.2, -0.15) is 0 Å². The summed E-state index contributed by atoms with van der Waals surface area (Å²) in [6.45, 7) is 3.39. The second-order valence-electron chi connectivity index (χ2n) is 4.89. The molecule has 0 aromatic heterocycles. The highest BCUT2D eigenvalue weighted by Crippen LogP contribution is 2.20. The van der Waals surface area contributed by atoms with Crippen molar-refractivity contribution in [2.45, 2.75) is 38.0 Å². The predicted octanol–water partition coefficient (Wildman–Crippen LogP) is -0.408. The summed E-state index contributed by atoms with van der Waals surface area (Å²) < 4.78 is 48.7. The van der Waals surface area contributed by atoms with Crippen molar-refractivity contribution in [3.8, 4) is 0 Å². The van der Waals surface area contributed by atoms with Crippen molar-refractivity contribution in [3.63, 3.8) is 0 Å². The minimum Gasteiger partial charge on any atom is -0.480 e. The highest BCUT2D eigenvalue weighted by atomic mass is 32.2. The van der Waals surface area contributed by atoms with Crippen LogP contribution in [0.1, 0.15) is 26.7 Å². The fourth-order valence-electron chi connectivity index (χ4n) is 1.92. The van der Waals surface area contributed by atoms with Crippen LogP contribution in [-0.2, 0) is 24.7 Å². The number of hydrogen-bond donors (Lipinski definition) is 2. The molecule has 1 rings (SSSR count). The summed E-state index contributed by atoms with van der Waals surface area (Å²) in [5.74, 6) is -2.22. The van der Waals surface area contributed by atoms with Crippen molar-refractivity contribution >= 4 is 25.8 Å². The fraction of sp³-hybridized carbons (Fsp3) is 0.900. The van der Waals surface area contributed by atoms with Crippen LogP contribution < -0.4 is 4.72 Å². The third-order valence-electron chi connectivity index (χ3n) is 3.40. The third-order valence-corrected chi connectivity index (χ3v) is 7.24. The van der Waals surface area contributed by atoms with Crippen molar-refractivity contribution in [1.29, 1.82) is 0 Å². The van der Waals surface area contributed by atoms with E-state index in [0.29, 0.717) is 6.42 Å². The summed E-state index contributed by atoms with van der Waals surface area (Å²) in [6.07, 6.45) is 0.521. The van der Waals surface area contributed by atoms with Crippen molar-refractivity contribution < 1.29 is 26.7 Å². The molecule has 0 aliphatic carbocycles. The molecule has 0 radical (unpaired) electrons. The van der Waals surface area contributed by atoms with E-state index in [0.717, 1.165) is 0 Å². The van der Waals surface area contributed by atoms with Gasteiger partial charge in [0.25, 0.3) is 0 Å². The number of rotatable bonds is 6. The first-order valence-electron chi connectivity index (χ1n) is 6.03. The molecule has 0 aromatic rings. The van der Waals surface area contributed by atoms with Crippen LogP contribution in [0.5, 0.6) is 0 Å². The van der Waals surface area contributed by atoms with Gasteiger partial charge in [0.05, 0.1) is 16.8 Å². The Balaban J connectivity index is 2.87. The Bertz CT molecular complexity index is 538. The lowest BCUT2D eigenvalue weighted by Crippen LogP contribution is -2.48. The van der Waals surface area contributed by atoms with Gasteiger partial charge in [0, 0.05) is 0 Å². The highest BCUT2D eigenvalue weighted by Gasteiger charge is 2.39. The van der Waals surface area contributed by atoms with Gasteiger partial charge in [0.1, 0.15) is 6.04 Å². The van der Waals surface area contributed by atoms with Crippen LogP contribution in [0.25, 0.3) is 0 Å². The molecule has 7 nitrogen and oxygen atoms in total. The van der Waals surface area contributed by atoms with Crippen molar-refractivity contribution in [1.82, 2.24) is 4.72 Å². The zero-order valence-corrected chi connectivity index (χ0v) is 12.5. The van der Waals surface area contributed by atoms with Crippen LogP contribution >= 0.6 is 0 Å². The lowest BCUT2D eigenvalue weighted by Gasteiger charge is -2.21. The lowest BCUT2D eigenvalue weighted by atomic mass is 10.0. The standard InChI is InChI=1S/C10H19NO6S2/c1-3-7(2)9(10(12)13)11-19(16,17)8-4-5-18(14,15)6-8/h7-9,11H,3-6H2,1-2H3,(H,12,13)/t7?,8?,9-/m0/s1. The summed E-state index contributed by atoms with van der Waals surface area (Å²) in [4.78, 5) is 11.1. The second kappa shape index (κ2) is 5.76. The molecule has 1 fully saturated rings. The summed E-state index contributed by atoms with van der Waals surface area (Å²) >= 11 is 0. The SMILES string of the molecule is CCC(C)[C@H](NS(=O)(=O)C1CCS(=O)(=O)C1)C(=O)O. The van der Waals surface area contributed by atoms with Crippen molar-refractivity contribution in [3.05, 3.63) is 0 Å². The van der Waals surface area contributed by atoms with Crippen LogP contribution in [0, 0.1) is 5.92 Å². The van der Waals surface area contributed by atoms with E-state index in [1.165, 1.54) is 0 Å². The van der Waals surface area contributed by atoms with Crippen molar-refractivity contribution in [2.75, 3.05) is 11.5 Å². The smallest absolute Gasteiger partial charge is 0.322 e. The summed E-state index contributed by atoms with van der Waals surface area (Å²) in [6, 6.07) is -1.22. The Hall–Kier alpha value is -0.670. The van der Waals surface area contributed by atoms with E-state index in [-0.39, 0.29) is 18.1 Å². The average Bonchev–Trinajstić information content (AvgIpc) is 2.66. The van der Waals surface area contributed by atoms with Crippen LogP contribution in [0.2, 0.25) is 0 Å². The Kier molecular flexibility index (Phi) is 4.97. The zero-order chi connectivity index (χ0) is 14.8. The van der Waals surface area contributed by atoms with E-state index in [9.17, 15) is 21.6 Å². The Morgan fingerprint density at radius 2 is 2.05 bits per heavy atom. The maximum absolute atomic E-state index is 12.0. The zero-order valence-electron chi connectivity index (χ0n) is 10.9. The van der Waals surface area contributed by atoms with Gasteiger partial charge in [-0.05, 0) is 12.3 Å². The Labute approximate surface area is 113 Å². The van der Waals surface area contributed by atoms with Gasteiger partial charge >= 0.3 is 5.97 Å². The topological polar surface area (TPSA) is 118 Å². The van der Waals surface area contributed by atoms with Gasteiger partial charge < -0.3 is 5.11 Å². The van der Waals surface area contributed by atoms with Gasteiger partial charge in [-0.15, -0.1) is 0 Å². The number of nitrogens with one attached hydrogen (secondary N) is 1. The van der Waals surface area contributed by atoms with E-state index < -0.39 is 42.9 Å². The van der Waals surface area contributed by atoms with E-state index in [1.54, 1.807) is 13.8 Å². The lowest BCUT2D eigenvalue weighted by molar-refractivity contribution is -0.140. The minimum absolute atomic E-state index is 0.0184. The number of aliphatic carboxylic acids is 1. The van der Waals surface area contributed by atoms with E-state index >= 15 is 0 Å². The first-order valence-corrected chi connectivity index (χ1v) is 9.40. The number of carbonyl (C=O) groups is 1. The predicted molar refractivity (Wildman–Crippen MR) is 70.0 cm³/mol. The summed E-state index contributed by atoms with van der Waals surface area (Å²) in [5.41, 5.74) is 0. The fourth-order valence-corrected chi connectivity index (χ4v) is 6.26. The van der Waals surface area contributed by atoms with Gasteiger partial charge in [-0.3, -0.25) is 4.79 Å². The molecule has 0 bridgehead atoms. The second-order valence-corrected chi connectivity index (χ2v) is 9.11. The first-order chi connectivity index (χ1) is 8.59. The van der Waals surface area contributed by atoms with E-state index in [1.807, 2.05) is 0 Å². The minimum atomic E-state index is -3.94. The molecule has 1 saturated heterocycles.